The summed E-state index contributed by atoms with van der Waals surface area (Å²) in [7, 11) is 1.27. The first-order valence-corrected chi connectivity index (χ1v) is 9.03. The highest BCUT2D eigenvalue weighted by molar-refractivity contribution is 6.46. The molecule has 0 radical (unpaired) electrons. The summed E-state index contributed by atoms with van der Waals surface area (Å²) < 4.78 is 4.68. The van der Waals surface area contributed by atoms with Gasteiger partial charge >= 0.3 is 5.97 Å². The van der Waals surface area contributed by atoms with Crippen LogP contribution >= 0.6 is 0 Å². The van der Waals surface area contributed by atoms with Crippen molar-refractivity contribution in [2.75, 3.05) is 20.3 Å². The topological polar surface area (TPSA) is 104 Å². The Kier molecular flexibility index (Phi) is 5.79. The molecule has 0 aromatic heterocycles. The Morgan fingerprint density at radius 3 is 2.17 bits per heavy atom. The molecule has 1 atom stereocenters. The van der Waals surface area contributed by atoms with Gasteiger partial charge in [0, 0.05) is 12.1 Å². The van der Waals surface area contributed by atoms with Gasteiger partial charge in [-0.2, -0.15) is 0 Å². The van der Waals surface area contributed by atoms with Crippen molar-refractivity contribution < 1.29 is 29.3 Å². The summed E-state index contributed by atoms with van der Waals surface area (Å²) in [6.45, 7) is 1.49. The Labute approximate surface area is 167 Å². The molecule has 0 saturated carbocycles. The lowest BCUT2D eigenvalue weighted by Crippen LogP contribution is -2.32. The normalized spacial score (nSPS) is 18.2. The van der Waals surface area contributed by atoms with Crippen molar-refractivity contribution >= 4 is 23.4 Å². The zero-order valence-electron chi connectivity index (χ0n) is 16.1. The number of esters is 1. The highest BCUT2D eigenvalue weighted by atomic mass is 16.5. The summed E-state index contributed by atoms with van der Waals surface area (Å²) >= 11 is 0. The van der Waals surface area contributed by atoms with E-state index in [0.29, 0.717) is 16.7 Å². The molecule has 1 saturated heterocycles. The number of carbonyl (C=O) groups excluding carboxylic acids is 3. The fourth-order valence-corrected chi connectivity index (χ4v) is 3.35. The van der Waals surface area contributed by atoms with Gasteiger partial charge in [-0.25, -0.2) is 4.79 Å². The molecule has 1 aliphatic heterocycles. The number of β-amino-alcohol motifs (C(OH)–C–C–N with tert-alkyl or cyclic N) is 1. The molecular formula is C22H21NO6. The third kappa shape index (κ3) is 3.77. The molecule has 3 rings (SSSR count). The maximum atomic E-state index is 12.7. The van der Waals surface area contributed by atoms with Gasteiger partial charge in [-0.05, 0) is 24.6 Å². The van der Waals surface area contributed by atoms with Gasteiger partial charge in [0.2, 0.25) is 0 Å². The molecule has 7 heteroatoms. The Morgan fingerprint density at radius 2 is 1.62 bits per heavy atom. The van der Waals surface area contributed by atoms with Crippen LogP contribution in [-0.4, -0.2) is 53.0 Å². The van der Waals surface area contributed by atoms with Crippen LogP contribution in [-0.2, 0) is 14.3 Å². The van der Waals surface area contributed by atoms with Crippen molar-refractivity contribution in [1.82, 2.24) is 4.90 Å². The van der Waals surface area contributed by atoms with Gasteiger partial charge in [0.05, 0.1) is 30.9 Å². The average molecular weight is 395 g/mol. The van der Waals surface area contributed by atoms with Crippen molar-refractivity contribution in [3.05, 3.63) is 76.4 Å². The number of hydrogen-bond acceptors (Lipinski definition) is 6. The monoisotopic (exact) mass is 395 g/mol. The van der Waals surface area contributed by atoms with E-state index in [4.69, 9.17) is 0 Å². The number of aliphatic hydroxyl groups excluding tert-OH is 2. The number of benzene rings is 2. The van der Waals surface area contributed by atoms with E-state index in [-0.39, 0.29) is 24.5 Å². The Morgan fingerprint density at radius 1 is 1.03 bits per heavy atom. The smallest absolute Gasteiger partial charge is 0.337 e. The van der Waals surface area contributed by atoms with E-state index in [1.807, 2.05) is 6.92 Å². The number of carbonyl (C=O) groups is 3. The number of amides is 1. The molecule has 0 aliphatic carbocycles. The molecule has 1 aliphatic rings. The summed E-state index contributed by atoms with van der Waals surface area (Å²) in [4.78, 5) is 38.2. The van der Waals surface area contributed by atoms with Crippen LogP contribution in [0.25, 0.3) is 5.76 Å². The van der Waals surface area contributed by atoms with Gasteiger partial charge < -0.3 is 19.8 Å². The highest BCUT2D eigenvalue weighted by Crippen LogP contribution is 2.39. The van der Waals surface area contributed by atoms with E-state index >= 15 is 0 Å². The van der Waals surface area contributed by atoms with Gasteiger partial charge in [-0.15, -0.1) is 0 Å². The molecule has 1 heterocycles. The summed E-state index contributed by atoms with van der Waals surface area (Å²) in [5.74, 6) is -2.42. The van der Waals surface area contributed by atoms with Crippen molar-refractivity contribution in [1.29, 1.82) is 0 Å². The van der Waals surface area contributed by atoms with Crippen molar-refractivity contribution in [2.24, 2.45) is 0 Å². The lowest BCUT2D eigenvalue weighted by atomic mass is 9.94. The summed E-state index contributed by atoms with van der Waals surface area (Å²) in [6, 6.07) is 12.3. The second-order valence-electron chi connectivity index (χ2n) is 6.70. The van der Waals surface area contributed by atoms with Crippen LogP contribution < -0.4 is 0 Å². The van der Waals surface area contributed by atoms with Crippen LogP contribution in [0.2, 0.25) is 0 Å². The Bertz CT molecular complexity index is 975. The molecule has 2 aromatic rings. The summed E-state index contributed by atoms with van der Waals surface area (Å²) in [5.41, 5.74) is 2.18. The minimum Gasteiger partial charge on any atom is -0.507 e. The number of ether oxygens (including phenoxy) is 1. The van der Waals surface area contributed by atoms with Crippen LogP contribution in [0.15, 0.2) is 54.1 Å². The molecule has 0 bridgehead atoms. The SMILES string of the molecule is COC(=O)c1ccc(C2/C(=C(/O)c3ccc(C)cc3)C(=O)C(=O)N2CCO)cc1. The molecule has 1 amide bonds. The average Bonchev–Trinajstić information content (AvgIpc) is 2.98. The molecule has 7 nitrogen and oxygen atoms in total. The van der Waals surface area contributed by atoms with E-state index in [0.717, 1.165) is 5.56 Å². The number of methoxy groups -OCH3 is 1. The zero-order chi connectivity index (χ0) is 21.1. The summed E-state index contributed by atoms with van der Waals surface area (Å²) in [6.07, 6.45) is 0. The van der Waals surface area contributed by atoms with Gasteiger partial charge in [0.15, 0.2) is 0 Å². The van der Waals surface area contributed by atoms with Crippen molar-refractivity contribution in [3.63, 3.8) is 0 Å². The number of rotatable bonds is 5. The van der Waals surface area contributed by atoms with Gasteiger partial charge in [0.25, 0.3) is 11.7 Å². The first kappa shape index (κ1) is 20.3. The Hall–Kier alpha value is -3.45. The fraction of sp³-hybridized carbons (Fsp3) is 0.227. The number of hydrogen-bond donors (Lipinski definition) is 2. The number of aliphatic hydroxyl groups is 2. The van der Waals surface area contributed by atoms with Crippen LogP contribution in [0.4, 0.5) is 0 Å². The third-order valence-electron chi connectivity index (χ3n) is 4.85. The number of aryl methyl sites for hydroxylation is 1. The van der Waals surface area contributed by atoms with Crippen molar-refractivity contribution in [2.45, 2.75) is 13.0 Å². The van der Waals surface area contributed by atoms with Crippen LogP contribution in [0.3, 0.4) is 0 Å². The zero-order valence-corrected chi connectivity index (χ0v) is 16.1. The minimum atomic E-state index is -0.879. The number of Topliss-reactive ketones (excluding diaryl/α,β-unsaturated/α-hetero) is 1. The van der Waals surface area contributed by atoms with E-state index < -0.39 is 23.7 Å². The molecule has 2 N–H and O–H groups in total. The first-order valence-electron chi connectivity index (χ1n) is 9.03. The van der Waals surface area contributed by atoms with Crippen molar-refractivity contribution in [3.8, 4) is 0 Å². The lowest BCUT2D eigenvalue weighted by molar-refractivity contribution is -0.140. The third-order valence-corrected chi connectivity index (χ3v) is 4.85. The predicted molar refractivity (Wildman–Crippen MR) is 105 cm³/mol. The van der Waals surface area contributed by atoms with Gasteiger partial charge in [0.1, 0.15) is 5.76 Å². The Balaban J connectivity index is 2.13. The quantitative estimate of drug-likeness (QED) is 0.348. The number of nitrogens with zero attached hydrogens (tertiary/aromatic N) is 1. The van der Waals surface area contributed by atoms with Crippen LogP contribution in [0.5, 0.6) is 0 Å². The molecule has 150 valence electrons. The predicted octanol–water partition coefficient (Wildman–Crippen LogP) is 2.20. The fourth-order valence-electron chi connectivity index (χ4n) is 3.35. The largest absolute Gasteiger partial charge is 0.507 e. The standard InChI is InChI=1S/C22H21NO6/c1-13-3-5-15(6-4-13)19(25)17-18(23(11-12-24)21(27)20(17)26)14-7-9-16(10-8-14)22(28)29-2/h3-10,18,24-25H,11-12H2,1-2H3/b19-17-. The first-order chi connectivity index (χ1) is 13.9. The summed E-state index contributed by atoms with van der Waals surface area (Å²) in [5, 5.41) is 20.2. The molecule has 1 unspecified atom stereocenters. The van der Waals surface area contributed by atoms with Gasteiger partial charge in [-0.3, -0.25) is 9.59 Å². The highest BCUT2D eigenvalue weighted by Gasteiger charge is 2.45. The van der Waals surface area contributed by atoms with Crippen LogP contribution in [0, 0.1) is 6.92 Å². The second kappa shape index (κ2) is 8.28. The number of likely N-dealkylation sites (tertiary alicyclic amines) is 1. The van der Waals surface area contributed by atoms with Gasteiger partial charge in [-0.1, -0.05) is 42.0 Å². The number of ketones is 1. The second-order valence-corrected chi connectivity index (χ2v) is 6.70. The molecule has 2 aromatic carbocycles. The van der Waals surface area contributed by atoms with E-state index in [1.54, 1.807) is 36.4 Å². The van der Waals surface area contributed by atoms with E-state index in [9.17, 15) is 24.6 Å². The van der Waals surface area contributed by atoms with Crippen LogP contribution in [0.1, 0.15) is 33.1 Å². The molecule has 0 spiro atoms. The van der Waals surface area contributed by atoms with E-state index in [2.05, 4.69) is 4.74 Å². The lowest BCUT2D eigenvalue weighted by Gasteiger charge is -2.24. The van der Waals surface area contributed by atoms with E-state index in [1.165, 1.54) is 24.1 Å². The molecule has 1 fully saturated rings. The minimum absolute atomic E-state index is 0.0573. The molecular weight excluding hydrogens is 374 g/mol. The maximum absolute atomic E-state index is 12.7. The molecule has 29 heavy (non-hydrogen) atoms. The maximum Gasteiger partial charge on any atom is 0.337 e.